The summed E-state index contributed by atoms with van der Waals surface area (Å²) < 4.78 is 1.96. The monoisotopic (exact) mass is 256 g/mol. The van der Waals surface area contributed by atoms with Crippen LogP contribution in [0.3, 0.4) is 0 Å². The van der Waals surface area contributed by atoms with Gasteiger partial charge in [0, 0.05) is 23.7 Å². The fourth-order valence-corrected chi connectivity index (χ4v) is 2.62. The number of imidazole rings is 1. The van der Waals surface area contributed by atoms with Gasteiger partial charge in [0.2, 0.25) is 0 Å². The predicted molar refractivity (Wildman–Crippen MR) is 74.2 cm³/mol. The SMILES string of the molecule is Cn1cncc1-c1nc(-c2ccc(N)cc2)cs1. The molecule has 2 heterocycles. The lowest BCUT2D eigenvalue weighted by Gasteiger charge is -1.98. The van der Waals surface area contributed by atoms with Gasteiger partial charge in [-0.05, 0) is 12.1 Å². The third kappa shape index (κ3) is 1.89. The fourth-order valence-electron chi connectivity index (χ4n) is 1.74. The number of thiazole rings is 1. The van der Waals surface area contributed by atoms with Crippen LogP contribution in [0.25, 0.3) is 22.0 Å². The molecule has 5 heteroatoms. The van der Waals surface area contributed by atoms with Crippen molar-refractivity contribution in [3.05, 3.63) is 42.2 Å². The van der Waals surface area contributed by atoms with E-state index in [1.54, 1.807) is 17.7 Å². The number of aromatic nitrogens is 3. The molecule has 3 rings (SSSR count). The van der Waals surface area contributed by atoms with Crippen LogP contribution in [0.4, 0.5) is 5.69 Å². The predicted octanol–water partition coefficient (Wildman–Crippen LogP) is 2.79. The second-order valence-corrected chi connectivity index (χ2v) is 4.91. The van der Waals surface area contributed by atoms with E-state index in [0.717, 1.165) is 27.6 Å². The summed E-state index contributed by atoms with van der Waals surface area (Å²) >= 11 is 1.62. The molecule has 0 amide bonds. The van der Waals surface area contributed by atoms with E-state index in [0.29, 0.717) is 0 Å². The van der Waals surface area contributed by atoms with Crippen LogP contribution in [0.2, 0.25) is 0 Å². The Balaban J connectivity index is 1.99. The molecule has 0 saturated carbocycles. The smallest absolute Gasteiger partial charge is 0.142 e. The average Bonchev–Trinajstić information content (AvgIpc) is 2.98. The molecular formula is C13H12N4S. The summed E-state index contributed by atoms with van der Waals surface area (Å²) in [5.41, 5.74) is 9.52. The van der Waals surface area contributed by atoms with E-state index in [1.807, 2.05) is 47.5 Å². The lowest BCUT2D eigenvalue weighted by Crippen LogP contribution is -1.88. The summed E-state index contributed by atoms with van der Waals surface area (Å²) in [6, 6.07) is 7.74. The minimum atomic E-state index is 0.765. The zero-order valence-electron chi connectivity index (χ0n) is 9.87. The van der Waals surface area contributed by atoms with Gasteiger partial charge in [0.1, 0.15) is 5.01 Å². The van der Waals surface area contributed by atoms with Gasteiger partial charge in [-0.3, -0.25) is 0 Å². The van der Waals surface area contributed by atoms with Gasteiger partial charge in [-0.15, -0.1) is 11.3 Å². The molecule has 0 aliphatic rings. The molecule has 2 aromatic heterocycles. The average molecular weight is 256 g/mol. The number of rotatable bonds is 2. The van der Waals surface area contributed by atoms with E-state index in [1.165, 1.54) is 0 Å². The Labute approximate surface area is 109 Å². The molecule has 0 unspecified atom stereocenters. The maximum atomic E-state index is 5.68. The summed E-state index contributed by atoms with van der Waals surface area (Å²) in [7, 11) is 1.96. The minimum Gasteiger partial charge on any atom is -0.399 e. The van der Waals surface area contributed by atoms with Gasteiger partial charge in [-0.1, -0.05) is 12.1 Å². The maximum absolute atomic E-state index is 5.68. The standard InChI is InChI=1S/C13H12N4S/c1-17-8-15-6-12(17)13-16-11(7-18-13)9-2-4-10(14)5-3-9/h2-8H,14H2,1H3. The summed E-state index contributed by atoms with van der Waals surface area (Å²) in [5.74, 6) is 0. The molecule has 0 radical (unpaired) electrons. The molecule has 18 heavy (non-hydrogen) atoms. The number of nitrogens with zero attached hydrogens (tertiary/aromatic N) is 3. The van der Waals surface area contributed by atoms with E-state index in [9.17, 15) is 0 Å². The molecule has 4 nitrogen and oxygen atoms in total. The summed E-state index contributed by atoms with van der Waals surface area (Å²) in [4.78, 5) is 8.74. The third-order valence-corrected chi connectivity index (χ3v) is 3.61. The van der Waals surface area contributed by atoms with E-state index < -0.39 is 0 Å². The van der Waals surface area contributed by atoms with Crippen LogP contribution in [0.1, 0.15) is 0 Å². The molecule has 0 fully saturated rings. The molecule has 0 bridgehead atoms. The molecule has 90 valence electrons. The highest BCUT2D eigenvalue weighted by atomic mass is 32.1. The number of hydrogen-bond donors (Lipinski definition) is 1. The van der Waals surface area contributed by atoms with Gasteiger partial charge >= 0.3 is 0 Å². The van der Waals surface area contributed by atoms with Crippen molar-refractivity contribution in [1.29, 1.82) is 0 Å². The van der Waals surface area contributed by atoms with Gasteiger partial charge in [-0.25, -0.2) is 9.97 Å². The van der Waals surface area contributed by atoms with Gasteiger partial charge in [0.05, 0.1) is 23.9 Å². The van der Waals surface area contributed by atoms with E-state index >= 15 is 0 Å². The summed E-state index contributed by atoms with van der Waals surface area (Å²) in [5, 5.41) is 3.02. The quantitative estimate of drug-likeness (QED) is 0.717. The van der Waals surface area contributed by atoms with Crippen LogP contribution in [0, 0.1) is 0 Å². The molecule has 1 aromatic carbocycles. The lowest BCUT2D eigenvalue weighted by atomic mass is 10.1. The Morgan fingerprint density at radius 3 is 2.67 bits per heavy atom. The second-order valence-electron chi connectivity index (χ2n) is 4.05. The molecular weight excluding hydrogens is 244 g/mol. The number of benzene rings is 1. The molecule has 0 spiro atoms. The van der Waals surface area contributed by atoms with Crippen LogP contribution in [-0.2, 0) is 7.05 Å². The first kappa shape index (κ1) is 11.0. The Kier molecular flexibility index (Phi) is 2.60. The largest absolute Gasteiger partial charge is 0.399 e. The van der Waals surface area contributed by atoms with Crippen LogP contribution >= 0.6 is 11.3 Å². The van der Waals surface area contributed by atoms with E-state index in [-0.39, 0.29) is 0 Å². The van der Waals surface area contributed by atoms with Gasteiger partial charge in [-0.2, -0.15) is 0 Å². The Bertz CT molecular complexity index is 666. The van der Waals surface area contributed by atoms with E-state index in [4.69, 9.17) is 5.73 Å². The zero-order valence-corrected chi connectivity index (χ0v) is 10.7. The Morgan fingerprint density at radius 1 is 1.22 bits per heavy atom. The van der Waals surface area contributed by atoms with Crippen LogP contribution in [0.5, 0.6) is 0 Å². The number of nitrogen functional groups attached to an aromatic ring is 1. The van der Waals surface area contributed by atoms with Crippen molar-refractivity contribution in [3.63, 3.8) is 0 Å². The maximum Gasteiger partial charge on any atom is 0.142 e. The van der Waals surface area contributed by atoms with Gasteiger partial charge in [0.15, 0.2) is 0 Å². The third-order valence-electron chi connectivity index (χ3n) is 2.75. The summed E-state index contributed by atoms with van der Waals surface area (Å²) in [6.45, 7) is 0. The van der Waals surface area contributed by atoms with Crippen molar-refractivity contribution in [1.82, 2.24) is 14.5 Å². The Morgan fingerprint density at radius 2 is 2.00 bits per heavy atom. The fraction of sp³-hybridized carbons (Fsp3) is 0.0769. The highest BCUT2D eigenvalue weighted by molar-refractivity contribution is 7.13. The van der Waals surface area contributed by atoms with Crippen LogP contribution < -0.4 is 5.73 Å². The van der Waals surface area contributed by atoms with Crippen molar-refractivity contribution < 1.29 is 0 Å². The zero-order chi connectivity index (χ0) is 12.5. The normalized spacial score (nSPS) is 10.7. The first-order chi connectivity index (χ1) is 8.74. The highest BCUT2D eigenvalue weighted by Crippen LogP contribution is 2.28. The lowest BCUT2D eigenvalue weighted by molar-refractivity contribution is 0.920. The molecule has 2 N–H and O–H groups in total. The van der Waals surface area contributed by atoms with Gasteiger partial charge in [0.25, 0.3) is 0 Å². The van der Waals surface area contributed by atoms with Crippen molar-refractivity contribution in [2.45, 2.75) is 0 Å². The van der Waals surface area contributed by atoms with Crippen molar-refractivity contribution in [2.24, 2.45) is 7.05 Å². The van der Waals surface area contributed by atoms with Gasteiger partial charge < -0.3 is 10.3 Å². The molecule has 0 atom stereocenters. The number of nitrogens with two attached hydrogens (primary N) is 1. The minimum absolute atomic E-state index is 0.765. The van der Waals surface area contributed by atoms with E-state index in [2.05, 4.69) is 9.97 Å². The molecule has 0 aliphatic heterocycles. The molecule has 0 aliphatic carbocycles. The second kappa shape index (κ2) is 4.27. The first-order valence-corrected chi connectivity index (χ1v) is 6.40. The highest BCUT2D eigenvalue weighted by Gasteiger charge is 2.09. The van der Waals surface area contributed by atoms with Crippen molar-refractivity contribution in [3.8, 4) is 22.0 Å². The first-order valence-electron chi connectivity index (χ1n) is 5.52. The summed E-state index contributed by atoms with van der Waals surface area (Å²) in [6.07, 6.45) is 3.60. The number of hydrogen-bond acceptors (Lipinski definition) is 4. The topological polar surface area (TPSA) is 56.7 Å². The number of anilines is 1. The Hall–Kier alpha value is -2.14. The van der Waals surface area contributed by atoms with Crippen molar-refractivity contribution >= 4 is 17.0 Å². The van der Waals surface area contributed by atoms with Crippen molar-refractivity contribution in [2.75, 3.05) is 5.73 Å². The molecule has 3 aromatic rings. The number of aryl methyl sites for hydroxylation is 1. The van der Waals surface area contributed by atoms with Crippen LogP contribution in [0.15, 0.2) is 42.2 Å². The molecule has 0 saturated heterocycles. The van der Waals surface area contributed by atoms with Crippen LogP contribution in [-0.4, -0.2) is 14.5 Å².